The van der Waals surface area contributed by atoms with Crippen molar-refractivity contribution in [3.8, 4) is 22.4 Å². The molecule has 3 amide bonds. The van der Waals surface area contributed by atoms with Gasteiger partial charge in [0.2, 0.25) is 5.96 Å². The van der Waals surface area contributed by atoms with Crippen LogP contribution in [-0.4, -0.2) is 66.0 Å². The van der Waals surface area contributed by atoms with Crippen molar-refractivity contribution in [2.75, 3.05) is 20.2 Å². The monoisotopic (exact) mass is 675 g/mol. The lowest BCUT2D eigenvalue weighted by Crippen LogP contribution is -2.47. The molecule has 0 saturated carbocycles. The van der Waals surface area contributed by atoms with Gasteiger partial charge in [0.15, 0.2) is 0 Å². The number of unbranched alkanes of at least 4 members (excludes halogenated alkanes) is 1. The Morgan fingerprint density at radius 3 is 1.76 bits per heavy atom. The van der Waals surface area contributed by atoms with E-state index < -0.39 is 35.3 Å². The average Bonchev–Trinajstić information content (AvgIpc) is 3.38. The number of nitrogens with one attached hydrogen (secondary N) is 3. The number of benzene rings is 2. The van der Waals surface area contributed by atoms with E-state index in [1.54, 1.807) is 41.5 Å². The number of methoxy groups -OCH3 is 1. The number of esters is 1. The number of alkyl carbamates (subject to hydrolysis) is 2. The van der Waals surface area contributed by atoms with Crippen molar-refractivity contribution in [2.24, 2.45) is 4.99 Å². The van der Waals surface area contributed by atoms with Gasteiger partial charge in [-0.05, 0) is 79.4 Å². The van der Waals surface area contributed by atoms with Gasteiger partial charge in [-0.1, -0.05) is 60.7 Å². The summed E-state index contributed by atoms with van der Waals surface area (Å²) in [5.41, 5.74) is 1.88. The van der Waals surface area contributed by atoms with Crippen molar-refractivity contribution in [2.45, 2.75) is 85.5 Å². The summed E-state index contributed by atoms with van der Waals surface area (Å²) < 4.78 is 17.7. The first kappa shape index (κ1) is 38.3. The fourth-order valence-corrected chi connectivity index (χ4v) is 5.02. The van der Waals surface area contributed by atoms with E-state index in [0.717, 1.165) is 16.8 Å². The molecule has 2 aromatic carbocycles. The van der Waals surface area contributed by atoms with Crippen molar-refractivity contribution < 1.29 is 33.4 Å². The fraction of sp³-hybridized carbons (Fsp3) is 0.432. The number of ether oxygens (including phenoxy) is 3. The third-order valence-corrected chi connectivity index (χ3v) is 6.82. The van der Waals surface area contributed by atoms with Gasteiger partial charge in [0.05, 0.1) is 18.4 Å². The second-order valence-corrected chi connectivity index (χ2v) is 13.6. The molecule has 0 fully saturated rings. The number of hydrogen-bond acceptors (Lipinski definition) is 8. The highest BCUT2D eigenvalue weighted by Crippen LogP contribution is 2.41. The van der Waals surface area contributed by atoms with Crippen molar-refractivity contribution in [3.05, 3.63) is 71.9 Å². The Labute approximate surface area is 288 Å². The summed E-state index contributed by atoms with van der Waals surface area (Å²) in [6, 6.07) is 19.0. The Morgan fingerprint density at radius 2 is 1.29 bits per heavy atom. The Morgan fingerprint density at radius 1 is 0.776 bits per heavy atom. The van der Waals surface area contributed by atoms with Crippen LogP contribution in [-0.2, 0) is 14.2 Å². The molecule has 0 saturated heterocycles. The molecule has 3 rings (SSSR count). The lowest BCUT2D eigenvalue weighted by molar-refractivity contribution is 0.0541. The van der Waals surface area contributed by atoms with E-state index in [-0.39, 0.29) is 36.3 Å². The highest BCUT2D eigenvalue weighted by molar-refractivity contribution is 6.12. The summed E-state index contributed by atoms with van der Waals surface area (Å²) in [4.78, 5) is 56.5. The van der Waals surface area contributed by atoms with Crippen molar-refractivity contribution in [1.29, 1.82) is 0 Å². The molecule has 1 heterocycles. The van der Waals surface area contributed by atoms with Gasteiger partial charge in [-0.25, -0.2) is 14.4 Å². The van der Waals surface area contributed by atoms with Crippen LogP contribution in [0.25, 0.3) is 22.4 Å². The first-order valence-electron chi connectivity index (χ1n) is 16.3. The zero-order valence-electron chi connectivity index (χ0n) is 29.9. The number of amides is 3. The van der Waals surface area contributed by atoms with E-state index in [9.17, 15) is 19.2 Å². The van der Waals surface area contributed by atoms with Crippen LogP contribution in [0.4, 0.5) is 9.59 Å². The Bertz CT molecular complexity index is 1600. The van der Waals surface area contributed by atoms with Gasteiger partial charge in [-0.15, -0.1) is 0 Å². The molecule has 0 aliphatic heterocycles. The van der Waals surface area contributed by atoms with E-state index >= 15 is 0 Å². The van der Waals surface area contributed by atoms with Crippen LogP contribution in [0.15, 0.2) is 65.7 Å². The summed E-state index contributed by atoms with van der Waals surface area (Å²) in [6.07, 6.45) is -0.563. The van der Waals surface area contributed by atoms with Crippen molar-refractivity contribution >= 4 is 30.0 Å². The SMILES string of the molecule is COC(=O)c1c(-c2ccccc2)c(-c2ccccc2)n(C(C)C)c1C(=O)NCCCCN=C(NC(=O)OC(C)(C)C)NC(=O)OC(C)(C)C. The normalized spacial score (nSPS) is 11.4. The van der Waals surface area contributed by atoms with Crippen molar-refractivity contribution in [1.82, 2.24) is 20.5 Å². The Balaban J connectivity index is 1.84. The summed E-state index contributed by atoms with van der Waals surface area (Å²) in [7, 11) is 1.30. The smallest absolute Gasteiger partial charge is 0.414 e. The lowest BCUT2D eigenvalue weighted by atomic mass is 9.96. The fourth-order valence-electron chi connectivity index (χ4n) is 5.02. The highest BCUT2D eigenvalue weighted by Gasteiger charge is 2.34. The van der Waals surface area contributed by atoms with Crippen LogP contribution in [0.2, 0.25) is 0 Å². The maximum Gasteiger partial charge on any atom is 0.414 e. The molecule has 0 bridgehead atoms. The van der Waals surface area contributed by atoms with Gasteiger partial charge >= 0.3 is 18.2 Å². The molecular formula is C37H49N5O7. The van der Waals surface area contributed by atoms with E-state index in [4.69, 9.17) is 14.2 Å². The minimum Gasteiger partial charge on any atom is -0.465 e. The molecular weight excluding hydrogens is 626 g/mol. The largest absolute Gasteiger partial charge is 0.465 e. The van der Waals surface area contributed by atoms with Gasteiger partial charge < -0.3 is 24.1 Å². The minimum atomic E-state index is -0.783. The maximum absolute atomic E-state index is 14.0. The second-order valence-electron chi connectivity index (χ2n) is 13.6. The molecule has 0 aliphatic rings. The number of carbonyl (C=O) groups is 4. The average molecular weight is 676 g/mol. The standard InChI is InChI=1S/C37H49N5O7/c1-24(2)42-29(26-20-14-11-15-21-26)27(25-18-12-10-13-19-25)28(32(44)47-9)30(42)31(43)38-22-16-17-23-39-33(40-34(45)48-36(3,4)5)41-35(46)49-37(6,7)8/h10-15,18-21,24H,16-17,22-23H2,1-9H3,(H,38,43)(H2,39,40,41,45,46). The second kappa shape index (κ2) is 16.8. The van der Waals surface area contributed by atoms with Gasteiger partial charge in [0.25, 0.3) is 5.91 Å². The molecule has 0 unspecified atom stereocenters. The Hall–Kier alpha value is -5.13. The minimum absolute atomic E-state index is 0.119. The van der Waals surface area contributed by atoms with Crippen LogP contribution in [0, 0.1) is 0 Å². The first-order valence-corrected chi connectivity index (χ1v) is 16.3. The number of rotatable bonds is 10. The molecule has 0 radical (unpaired) electrons. The zero-order chi connectivity index (χ0) is 36.4. The van der Waals surface area contributed by atoms with Crippen LogP contribution in [0.3, 0.4) is 0 Å². The molecule has 0 atom stereocenters. The third kappa shape index (κ3) is 11.2. The van der Waals surface area contributed by atoms with Crippen molar-refractivity contribution in [3.63, 3.8) is 0 Å². The molecule has 3 N–H and O–H groups in total. The topological polar surface area (TPSA) is 149 Å². The summed E-state index contributed by atoms with van der Waals surface area (Å²) in [6.45, 7) is 14.7. The molecule has 264 valence electrons. The van der Waals surface area contributed by atoms with Gasteiger partial charge in [0, 0.05) is 24.7 Å². The number of hydrogen-bond donors (Lipinski definition) is 3. The van der Waals surface area contributed by atoms with E-state index in [1.165, 1.54) is 7.11 Å². The predicted molar refractivity (Wildman–Crippen MR) is 190 cm³/mol. The zero-order valence-corrected chi connectivity index (χ0v) is 29.9. The summed E-state index contributed by atoms with van der Waals surface area (Å²) in [5.74, 6) is -1.15. The van der Waals surface area contributed by atoms with E-state index in [0.29, 0.717) is 18.4 Å². The highest BCUT2D eigenvalue weighted by atomic mass is 16.6. The third-order valence-electron chi connectivity index (χ3n) is 6.82. The van der Waals surface area contributed by atoms with E-state index in [2.05, 4.69) is 20.9 Å². The van der Waals surface area contributed by atoms with Gasteiger partial charge in [-0.3, -0.25) is 20.4 Å². The first-order chi connectivity index (χ1) is 23.0. The number of nitrogens with zero attached hydrogens (tertiary/aromatic N) is 2. The molecule has 0 spiro atoms. The summed E-state index contributed by atoms with van der Waals surface area (Å²) in [5, 5.41) is 7.88. The van der Waals surface area contributed by atoms with Gasteiger partial charge in [-0.2, -0.15) is 0 Å². The summed E-state index contributed by atoms with van der Waals surface area (Å²) >= 11 is 0. The molecule has 3 aromatic rings. The maximum atomic E-state index is 14.0. The predicted octanol–water partition coefficient (Wildman–Crippen LogP) is 7.11. The lowest BCUT2D eigenvalue weighted by Gasteiger charge is -2.22. The molecule has 0 aliphatic carbocycles. The van der Waals surface area contributed by atoms with Crippen LogP contribution >= 0.6 is 0 Å². The number of aliphatic imine (C=N–C) groups is 1. The Kier molecular flexibility index (Phi) is 13.1. The van der Waals surface area contributed by atoms with Crippen LogP contribution < -0.4 is 16.0 Å². The quantitative estimate of drug-likeness (QED) is 0.0682. The number of guanidine groups is 1. The number of carbonyl (C=O) groups excluding carboxylic acids is 4. The molecule has 49 heavy (non-hydrogen) atoms. The van der Waals surface area contributed by atoms with Gasteiger partial charge in [0.1, 0.15) is 16.9 Å². The number of aromatic nitrogens is 1. The van der Waals surface area contributed by atoms with Crippen LogP contribution in [0.5, 0.6) is 0 Å². The van der Waals surface area contributed by atoms with Crippen LogP contribution in [0.1, 0.15) is 95.1 Å². The molecule has 1 aromatic heterocycles. The molecule has 12 nitrogen and oxygen atoms in total. The molecule has 12 heteroatoms. The van der Waals surface area contributed by atoms with E-state index in [1.807, 2.05) is 79.1 Å².